The molecule has 0 bridgehead atoms. The monoisotopic (exact) mass is 267 g/mol. The fourth-order valence-electron chi connectivity index (χ4n) is 2.26. The molecule has 18 heavy (non-hydrogen) atoms. The van der Waals surface area contributed by atoms with Crippen LogP contribution < -0.4 is 0 Å². The molecular weight excluding hydrogens is 246 g/mol. The summed E-state index contributed by atoms with van der Waals surface area (Å²) in [5.41, 5.74) is 1.13. The highest BCUT2D eigenvalue weighted by Gasteiger charge is 2.23. The zero-order chi connectivity index (χ0) is 12.8. The minimum atomic E-state index is 0.234. The average molecular weight is 267 g/mol. The first-order valence-electron chi connectivity index (χ1n) is 6.70. The Kier molecular flexibility index (Phi) is 5.20. The summed E-state index contributed by atoms with van der Waals surface area (Å²) in [6.07, 6.45) is 3.96. The van der Waals surface area contributed by atoms with Gasteiger partial charge in [-0.15, -0.1) is 0 Å². The maximum atomic E-state index is 12.2. The predicted octanol–water partition coefficient (Wildman–Crippen LogP) is 2.71. The standard InChI is InChI=1S/C14H21NO2S/c1-2-7-17-13-4-3-6-15(10-13)14(16)9-12-5-8-18-11-12/h5,8,11,13H,2-4,6-7,9-10H2,1H3/t13-/m0/s1. The molecular formula is C14H21NO2S. The molecule has 0 radical (unpaired) electrons. The van der Waals surface area contributed by atoms with Crippen LogP contribution in [-0.2, 0) is 16.0 Å². The Labute approximate surface area is 113 Å². The highest BCUT2D eigenvalue weighted by Crippen LogP contribution is 2.16. The van der Waals surface area contributed by atoms with Gasteiger partial charge in [-0.2, -0.15) is 11.3 Å². The van der Waals surface area contributed by atoms with Crippen LogP contribution in [0.5, 0.6) is 0 Å². The smallest absolute Gasteiger partial charge is 0.227 e. The van der Waals surface area contributed by atoms with Crippen molar-refractivity contribution >= 4 is 17.2 Å². The van der Waals surface area contributed by atoms with Crippen molar-refractivity contribution in [3.63, 3.8) is 0 Å². The minimum Gasteiger partial charge on any atom is -0.376 e. The predicted molar refractivity (Wildman–Crippen MR) is 73.9 cm³/mol. The lowest BCUT2D eigenvalue weighted by Crippen LogP contribution is -2.43. The van der Waals surface area contributed by atoms with Crippen LogP contribution in [0.1, 0.15) is 31.7 Å². The molecule has 0 aromatic carbocycles. The first-order valence-corrected chi connectivity index (χ1v) is 7.64. The molecule has 0 N–H and O–H groups in total. The molecule has 3 nitrogen and oxygen atoms in total. The topological polar surface area (TPSA) is 29.5 Å². The number of hydrogen-bond donors (Lipinski definition) is 0. The Morgan fingerprint density at radius 1 is 1.61 bits per heavy atom. The number of rotatable bonds is 5. The van der Waals surface area contributed by atoms with Gasteiger partial charge in [0, 0.05) is 19.7 Å². The molecule has 1 fully saturated rings. The maximum Gasteiger partial charge on any atom is 0.227 e. The third-order valence-electron chi connectivity index (χ3n) is 3.22. The summed E-state index contributed by atoms with van der Waals surface area (Å²) in [6.45, 7) is 4.57. The van der Waals surface area contributed by atoms with E-state index >= 15 is 0 Å². The van der Waals surface area contributed by atoms with Crippen molar-refractivity contribution in [2.24, 2.45) is 0 Å². The molecule has 4 heteroatoms. The van der Waals surface area contributed by atoms with Gasteiger partial charge in [0.05, 0.1) is 12.5 Å². The van der Waals surface area contributed by atoms with Gasteiger partial charge in [-0.3, -0.25) is 4.79 Å². The van der Waals surface area contributed by atoms with Gasteiger partial charge in [0.2, 0.25) is 5.91 Å². The number of likely N-dealkylation sites (tertiary alicyclic amines) is 1. The molecule has 0 saturated carbocycles. The number of hydrogen-bond acceptors (Lipinski definition) is 3. The van der Waals surface area contributed by atoms with E-state index in [2.05, 4.69) is 6.92 Å². The Morgan fingerprint density at radius 3 is 3.22 bits per heavy atom. The minimum absolute atomic E-state index is 0.234. The molecule has 1 aliphatic rings. The summed E-state index contributed by atoms with van der Waals surface area (Å²) in [4.78, 5) is 14.1. The van der Waals surface area contributed by atoms with Gasteiger partial charge in [-0.1, -0.05) is 6.92 Å². The molecule has 0 unspecified atom stereocenters. The molecule has 100 valence electrons. The number of carbonyl (C=O) groups is 1. The van der Waals surface area contributed by atoms with Crippen molar-refractivity contribution < 1.29 is 9.53 Å². The molecule has 0 spiro atoms. The number of carbonyl (C=O) groups excluding carboxylic acids is 1. The summed E-state index contributed by atoms with van der Waals surface area (Å²) in [5, 5.41) is 4.07. The van der Waals surface area contributed by atoms with Gasteiger partial charge in [-0.25, -0.2) is 0 Å². The SMILES string of the molecule is CCCO[C@H]1CCCN(C(=O)Cc2ccsc2)C1. The van der Waals surface area contributed by atoms with Crippen LogP contribution in [0.4, 0.5) is 0 Å². The van der Waals surface area contributed by atoms with Gasteiger partial charge < -0.3 is 9.64 Å². The summed E-state index contributed by atoms with van der Waals surface area (Å²) in [5.74, 6) is 0.234. The van der Waals surface area contributed by atoms with Crippen molar-refractivity contribution in [1.82, 2.24) is 4.90 Å². The van der Waals surface area contributed by atoms with Gasteiger partial charge in [0.1, 0.15) is 0 Å². The average Bonchev–Trinajstić information content (AvgIpc) is 2.89. The van der Waals surface area contributed by atoms with E-state index in [-0.39, 0.29) is 12.0 Å². The second-order valence-electron chi connectivity index (χ2n) is 4.78. The lowest BCUT2D eigenvalue weighted by atomic mass is 10.1. The van der Waals surface area contributed by atoms with E-state index < -0.39 is 0 Å². The number of piperidine rings is 1. The Balaban J connectivity index is 1.82. The van der Waals surface area contributed by atoms with E-state index in [0.717, 1.165) is 44.5 Å². The summed E-state index contributed by atoms with van der Waals surface area (Å²) in [7, 11) is 0. The molecule has 1 saturated heterocycles. The van der Waals surface area contributed by atoms with Crippen molar-refractivity contribution in [2.75, 3.05) is 19.7 Å². The fourth-order valence-corrected chi connectivity index (χ4v) is 2.93. The molecule has 1 amide bonds. The van der Waals surface area contributed by atoms with E-state index in [0.29, 0.717) is 6.42 Å². The van der Waals surface area contributed by atoms with Crippen LogP contribution >= 0.6 is 11.3 Å². The van der Waals surface area contributed by atoms with Gasteiger partial charge in [-0.05, 0) is 41.7 Å². The number of thiophene rings is 1. The lowest BCUT2D eigenvalue weighted by Gasteiger charge is -2.32. The highest BCUT2D eigenvalue weighted by atomic mass is 32.1. The summed E-state index contributed by atoms with van der Waals surface area (Å²) >= 11 is 1.64. The molecule has 2 heterocycles. The largest absolute Gasteiger partial charge is 0.376 e. The zero-order valence-corrected chi connectivity index (χ0v) is 11.7. The molecule has 2 rings (SSSR count). The Bertz CT molecular complexity index is 364. The summed E-state index contributed by atoms with van der Waals surface area (Å²) < 4.78 is 5.76. The van der Waals surface area contributed by atoms with Gasteiger partial charge >= 0.3 is 0 Å². The first-order chi connectivity index (χ1) is 8.79. The van der Waals surface area contributed by atoms with Gasteiger partial charge in [0.25, 0.3) is 0 Å². The van der Waals surface area contributed by atoms with E-state index in [1.807, 2.05) is 21.7 Å². The van der Waals surface area contributed by atoms with Crippen LogP contribution in [0, 0.1) is 0 Å². The van der Waals surface area contributed by atoms with Crippen molar-refractivity contribution in [3.8, 4) is 0 Å². The van der Waals surface area contributed by atoms with E-state index in [1.54, 1.807) is 11.3 Å². The third-order valence-corrected chi connectivity index (χ3v) is 3.96. The second-order valence-corrected chi connectivity index (χ2v) is 5.56. The quantitative estimate of drug-likeness (QED) is 0.821. The van der Waals surface area contributed by atoms with E-state index in [9.17, 15) is 4.79 Å². The van der Waals surface area contributed by atoms with Gasteiger partial charge in [0.15, 0.2) is 0 Å². The van der Waals surface area contributed by atoms with Crippen LogP contribution in [-0.4, -0.2) is 36.6 Å². The Hall–Kier alpha value is -0.870. The first kappa shape index (κ1) is 13.6. The van der Waals surface area contributed by atoms with Crippen LogP contribution in [0.25, 0.3) is 0 Å². The normalized spacial score (nSPS) is 20.1. The number of amides is 1. The lowest BCUT2D eigenvalue weighted by molar-refractivity contribution is -0.134. The molecule has 1 aromatic heterocycles. The highest BCUT2D eigenvalue weighted by molar-refractivity contribution is 7.07. The van der Waals surface area contributed by atoms with Crippen LogP contribution in [0.3, 0.4) is 0 Å². The number of nitrogens with zero attached hydrogens (tertiary/aromatic N) is 1. The molecule has 1 aromatic rings. The van der Waals surface area contributed by atoms with Crippen LogP contribution in [0.2, 0.25) is 0 Å². The van der Waals surface area contributed by atoms with Crippen molar-refractivity contribution in [2.45, 2.75) is 38.7 Å². The van der Waals surface area contributed by atoms with Crippen molar-refractivity contribution in [1.29, 1.82) is 0 Å². The van der Waals surface area contributed by atoms with Crippen LogP contribution in [0.15, 0.2) is 16.8 Å². The molecule has 1 atom stereocenters. The Morgan fingerprint density at radius 2 is 2.50 bits per heavy atom. The zero-order valence-electron chi connectivity index (χ0n) is 10.9. The maximum absolute atomic E-state index is 12.2. The van der Waals surface area contributed by atoms with Crippen molar-refractivity contribution in [3.05, 3.63) is 22.4 Å². The second kappa shape index (κ2) is 6.90. The third kappa shape index (κ3) is 3.82. The molecule has 0 aliphatic carbocycles. The van der Waals surface area contributed by atoms with E-state index in [4.69, 9.17) is 4.74 Å². The molecule has 1 aliphatic heterocycles. The number of ether oxygens (including phenoxy) is 1. The van der Waals surface area contributed by atoms with E-state index in [1.165, 1.54) is 0 Å². The fraction of sp³-hybridized carbons (Fsp3) is 0.643. The summed E-state index contributed by atoms with van der Waals surface area (Å²) in [6, 6.07) is 2.03.